The van der Waals surface area contributed by atoms with Crippen molar-refractivity contribution in [2.24, 2.45) is 9.98 Å². The molecule has 0 aliphatic heterocycles. The van der Waals surface area contributed by atoms with E-state index < -0.39 is 9.85 Å². The molecule has 0 bridgehead atoms. The number of aliphatic imine (C=N–C) groups is 2. The van der Waals surface area contributed by atoms with Gasteiger partial charge in [-0.3, -0.25) is 30.2 Å². The van der Waals surface area contributed by atoms with Crippen molar-refractivity contribution in [3.05, 3.63) is 126 Å². The minimum Gasteiger partial charge on any atom is -0.258 e. The summed E-state index contributed by atoms with van der Waals surface area (Å²) >= 11 is 11.8. The zero-order valence-corrected chi connectivity index (χ0v) is 19.9. The molecule has 0 spiro atoms. The van der Waals surface area contributed by atoms with Crippen LogP contribution in [0.5, 0.6) is 0 Å². The Morgan fingerprint density at radius 2 is 1.00 bits per heavy atom. The first-order chi connectivity index (χ1) is 17.3. The van der Waals surface area contributed by atoms with Crippen molar-refractivity contribution >= 4 is 58.4 Å². The minimum atomic E-state index is -0.544. The monoisotopic (exact) mass is 518 g/mol. The average molecular weight is 519 g/mol. The van der Waals surface area contributed by atoms with Gasteiger partial charge in [-0.15, -0.1) is 0 Å². The molecule has 0 saturated carbocycles. The summed E-state index contributed by atoms with van der Waals surface area (Å²) in [5, 5.41) is 22.5. The molecular weight excluding hydrogens is 503 g/mol. The first kappa shape index (κ1) is 24.7. The van der Waals surface area contributed by atoms with Crippen molar-refractivity contribution in [2.75, 3.05) is 0 Å². The van der Waals surface area contributed by atoms with E-state index in [-0.39, 0.29) is 21.4 Å². The highest BCUT2D eigenvalue weighted by atomic mass is 35.5. The van der Waals surface area contributed by atoms with E-state index in [1.807, 2.05) is 48.5 Å². The quantitative estimate of drug-likeness (QED) is 0.140. The van der Waals surface area contributed by atoms with Crippen LogP contribution < -0.4 is 0 Å². The molecule has 0 aromatic heterocycles. The first-order valence-electron chi connectivity index (χ1n) is 10.5. The van der Waals surface area contributed by atoms with E-state index in [4.69, 9.17) is 23.2 Å². The topological polar surface area (TPSA) is 111 Å². The smallest absolute Gasteiger partial charge is 0.258 e. The third kappa shape index (κ3) is 5.63. The van der Waals surface area contributed by atoms with Crippen molar-refractivity contribution in [3.63, 3.8) is 0 Å². The molecule has 8 nitrogen and oxygen atoms in total. The number of para-hydroxylation sites is 2. The van der Waals surface area contributed by atoms with E-state index in [1.54, 1.807) is 12.1 Å². The van der Waals surface area contributed by atoms with Crippen LogP contribution in [0.2, 0.25) is 10.0 Å². The summed E-state index contributed by atoms with van der Waals surface area (Å²) in [5.74, 6) is 0. The number of hydrogen-bond acceptors (Lipinski definition) is 6. The van der Waals surface area contributed by atoms with Gasteiger partial charge in [0.25, 0.3) is 11.4 Å². The lowest BCUT2D eigenvalue weighted by Crippen LogP contribution is -1.91. The van der Waals surface area contributed by atoms with Gasteiger partial charge in [-0.1, -0.05) is 71.7 Å². The van der Waals surface area contributed by atoms with Crippen LogP contribution in [-0.4, -0.2) is 22.3 Å². The predicted molar refractivity (Wildman–Crippen MR) is 143 cm³/mol. The molecular formula is C26H16Cl2N4O4. The fourth-order valence-corrected chi connectivity index (χ4v) is 3.79. The van der Waals surface area contributed by atoms with Crippen LogP contribution in [0.25, 0.3) is 11.1 Å². The molecule has 0 radical (unpaired) electrons. The molecule has 0 aliphatic rings. The normalized spacial score (nSPS) is 11.3. The van der Waals surface area contributed by atoms with E-state index in [2.05, 4.69) is 9.98 Å². The second-order valence-electron chi connectivity index (χ2n) is 7.49. The lowest BCUT2D eigenvalue weighted by atomic mass is 10.0. The van der Waals surface area contributed by atoms with Gasteiger partial charge in [0, 0.05) is 35.7 Å². The second-order valence-corrected chi connectivity index (χ2v) is 8.30. The summed E-state index contributed by atoms with van der Waals surface area (Å²) in [5.41, 5.74) is 3.47. The van der Waals surface area contributed by atoms with Gasteiger partial charge >= 0.3 is 0 Å². The maximum Gasteiger partial charge on any atom is 0.288 e. The Morgan fingerprint density at radius 1 is 0.611 bits per heavy atom. The van der Waals surface area contributed by atoms with Crippen LogP contribution in [-0.2, 0) is 0 Å². The molecule has 0 saturated heterocycles. The Labute approximate surface area is 215 Å². The lowest BCUT2D eigenvalue weighted by Gasteiger charge is -2.09. The number of nitro benzene ring substituents is 2. The number of benzene rings is 4. The Morgan fingerprint density at radius 3 is 1.39 bits per heavy atom. The van der Waals surface area contributed by atoms with Crippen molar-refractivity contribution in [2.45, 2.75) is 0 Å². The number of nitrogens with zero attached hydrogens (tertiary/aromatic N) is 4. The number of hydrogen-bond donors (Lipinski definition) is 0. The first-order valence-corrected chi connectivity index (χ1v) is 11.2. The maximum atomic E-state index is 11.2. The average Bonchev–Trinajstić information content (AvgIpc) is 2.88. The molecule has 4 aromatic rings. The predicted octanol–water partition coefficient (Wildman–Crippen LogP) is 7.98. The third-order valence-electron chi connectivity index (χ3n) is 5.14. The fourth-order valence-electron chi connectivity index (χ4n) is 3.42. The molecule has 0 aliphatic carbocycles. The SMILES string of the molecule is O=[N+]([O-])c1cc(C=Nc2ccccc2-c2ccccc2N=Cc2ccc(Cl)c([N+](=O)[O-])c2)ccc1Cl. The lowest BCUT2D eigenvalue weighted by molar-refractivity contribution is -0.384. The highest BCUT2D eigenvalue weighted by Gasteiger charge is 2.14. The van der Waals surface area contributed by atoms with Crippen LogP contribution in [0, 0.1) is 20.2 Å². The van der Waals surface area contributed by atoms with Gasteiger partial charge < -0.3 is 0 Å². The second kappa shape index (κ2) is 10.9. The Kier molecular flexibility index (Phi) is 7.48. The Balaban J connectivity index is 1.69. The van der Waals surface area contributed by atoms with Crippen LogP contribution in [0.4, 0.5) is 22.7 Å². The van der Waals surface area contributed by atoms with Crippen molar-refractivity contribution in [3.8, 4) is 11.1 Å². The summed E-state index contributed by atoms with van der Waals surface area (Å²) in [6.07, 6.45) is 3.06. The van der Waals surface area contributed by atoms with E-state index in [1.165, 1.54) is 36.7 Å². The summed E-state index contributed by atoms with van der Waals surface area (Å²) in [6.45, 7) is 0. The molecule has 178 valence electrons. The largest absolute Gasteiger partial charge is 0.288 e. The van der Waals surface area contributed by atoms with Gasteiger partial charge in [-0.05, 0) is 35.4 Å². The van der Waals surface area contributed by atoms with Gasteiger partial charge in [-0.2, -0.15) is 0 Å². The number of rotatable bonds is 7. The Hall–Kier alpha value is -4.40. The molecule has 36 heavy (non-hydrogen) atoms. The minimum absolute atomic E-state index is 0.0513. The van der Waals surface area contributed by atoms with Crippen LogP contribution in [0.3, 0.4) is 0 Å². The van der Waals surface area contributed by atoms with Crippen molar-refractivity contribution in [1.82, 2.24) is 0 Å². The summed E-state index contributed by atoms with van der Waals surface area (Å²) in [4.78, 5) is 30.4. The highest BCUT2D eigenvalue weighted by molar-refractivity contribution is 6.33. The molecule has 0 heterocycles. The number of nitro groups is 2. The summed E-state index contributed by atoms with van der Waals surface area (Å²) in [6, 6.07) is 23.7. The van der Waals surface area contributed by atoms with Gasteiger partial charge in [0.15, 0.2) is 0 Å². The Bertz CT molecular complexity index is 1420. The molecule has 0 fully saturated rings. The van der Waals surface area contributed by atoms with Crippen molar-refractivity contribution < 1.29 is 9.85 Å². The fraction of sp³-hybridized carbons (Fsp3) is 0. The number of halogens is 2. The van der Waals surface area contributed by atoms with Gasteiger partial charge in [-0.25, -0.2) is 0 Å². The molecule has 4 aromatic carbocycles. The van der Waals surface area contributed by atoms with Gasteiger partial charge in [0.05, 0.1) is 21.2 Å². The zero-order valence-electron chi connectivity index (χ0n) is 18.4. The summed E-state index contributed by atoms with van der Waals surface area (Å²) in [7, 11) is 0. The van der Waals surface area contributed by atoms with E-state index in [0.29, 0.717) is 22.5 Å². The van der Waals surface area contributed by atoms with Crippen LogP contribution >= 0.6 is 23.2 Å². The van der Waals surface area contributed by atoms with Gasteiger partial charge in [0.2, 0.25) is 0 Å². The van der Waals surface area contributed by atoms with Crippen LogP contribution in [0.1, 0.15) is 11.1 Å². The van der Waals surface area contributed by atoms with Crippen LogP contribution in [0.15, 0.2) is 94.9 Å². The molecule has 0 atom stereocenters. The molecule has 4 rings (SSSR count). The molecule has 0 N–H and O–H groups in total. The molecule has 10 heteroatoms. The van der Waals surface area contributed by atoms with E-state index in [0.717, 1.165) is 11.1 Å². The molecule has 0 amide bonds. The molecule has 0 unspecified atom stereocenters. The van der Waals surface area contributed by atoms with Gasteiger partial charge in [0.1, 0.15) is 10.0 Å². The maximum absolute atomic E-state index is 11.2. The standard InChI is InChI=1S/C26H16Cl2N4O4/c27-21-11-9-17(13-25(21)31(33)34)15-29-23-7-3-1-5-19(23)20-6-2-4-8-24(20)30-16-18-10-12-22(28)26(14-18)32(35)36/h1-16H. The van der Waals surface area contributed by atoms with Crippen molar-refractivity contribution in [1.29, 1.82) is 0 Å². The highest BCUT2D eigenvalue weighted by Crippen LogP contribution is 2.36. The third-order valence-corrected chi connectivity index (χ3v) is 5.78. The van der Waals surface area contributed by atoms with E-state index >= 15 is 0 Å². The van der Waals surface area contributed by atoms with E-state index in [9.17, 15) is 20.2 Å². The summed E-state index contributed by atoms with van der Waals surface area (Å²) < 4.78 is 0. The zero-order chi connectivity index (χ0) is 25.7.